The molecule has 0 bridgehead atoms. The summed E-state index contributed by atoms with van der Waals surface area (Å²) in [6, 6.07) is 12.0. The van der Waals surface area contributed by atoms with Crippen LogP contribution in [0.25, 0.3) is 12.2 Å². The van der Waals surface area contributed by atoms with Crippen LogP contribution in [0.15, 0.2) is 53.6 Å². The molecule has 0 spiro atoms. The van der Waals surface area contributed by atoms with E-state index in [1.165, 1.54) is 40.6 Å². The van der Waals surface area contributed by atoms with Crippen molar-refractivity contribution in [1.82, 2.24) is 0 Å². The molecule has 7 nitrogen and oxygen atoms in total. The van der Waals surface area contributed by atoms with Crippen molar-refractivity contribution in [3.63, 3.8) is 0 Å². The first kappa shape index (κ1) is 21.6. The van der Waals surface area contributed by atoms with Gasteiger partial charge in [-0.1, -0.05) is 30.3 Å². The highest BCUT2D eigenvalue weighted by atomic mass is 16.5. The van der Waals surface area contributed by atoms with Gasteiger partial charge in [-0.15, -0.1) is 0 Å². The summed E-state index contributed by atoms with van der Waals surface area (Å²) in [7, 11) is 5.59. The number of methoxy groups -OCH3 is 4. The summed E-state index contributed by atoms with van der Waals surface area (Å²) < 4.78 is 20.7. The molecule has 29 heavy (non-hydrogen) atoms. The number of carboxylic acids is 1. The molecule has 1 N–H and O–H groups in total. The maximum Gasteiger partial charge on any atom is 0.338 e. The van der Waals surface area contributed by atoms with Crippen LogP contribution in [0.5, 0.6) is 17.2 Å². The standard InChI is InChI=1S/C22H22O7/c1-26-18-12-15(13-19(27-2)20(18)28-3)11-17(22(25)29-4)16(21(23)24)10-14-8-6-5-7-9-14/h5-13H,1-4H3,(H,23,24). The molecule has 0 fully saturated rings. The third kappa shape index (κ3) is 5.16. The molecule has 0 heterocycles. The number of carbonyl (C=O) groups is 2. The Bertz CT molecular complexity index is 918. The average molecular weight is 398 g/mol. The molecule has 2 aromatic rings. The summed E-state index contributed by atoms with van der Waals surface area (Å²) in [4.78, 5) is 24.3. The summed E-state index contributed by atoms with van der Waals surface area (Å²) >= 11 is 0. The van der Waals surface area contributed by atoms with E-state index >= 15 is 0 Å². The van der Waals surface area contributed by atoms with Crippen molar-refractivity contribution in [1.29, 1.82) is 0 Å². The van der Waals surface area contributed by atoms with Gasteiger partial charge in [-0.3, -0.25) is 0 Å². The van der Waals surface area contributed by atoms with Crippen LogP contribution in [0.2, 0.25) is 0 Å². The van der Waals surface area contributed by atoms with E-state index < -0.39 is 11.9 Å². The fourth-order valence-electron chi connectivity index (χ4n) is 2.68. The molecule has 0 amide bonds. The van der Waals surface area contributed by atoms with Crippen LogP contribution < -0.4 is 14.2 Å². The molecule has 0 saturated carbocycles. The van der Waals surface area contributed by atoms with E-state index in [0.717, 1.165) is 0 Å². The van der Waals surface area contributed by atoms with E-state index in [1.54, 1.807) is 36.4 Å². The lowest BCUT2D eigenvalue weighted by atomic mass is 10.00. The number of carbonyl (C=O) groups excluding carboxylic acids is 1. The zero-order valence-electron chi connectivity index (χ0n) is 16.6. The molecule has 2 aromatic carbocycles. The Morgan fingerprint density at radius 2 is 1.34 bits per heavy atom. The summed E-state index contributed by atoms with van der Waals surface area (Å²) in [5.41, 5.74) is 0.764. The van der Waals surface area contributed by atoms with Crippen LogP contribution in [-0.2, 0) is 14.3 Å². The van der Waals surface area contributed by atoms with Crippen LogP contribution in [0.4, 0.5) is 0 Å². The summed E-state index contributed by atoms with van der Waals surface area (Å²) in [5.74, 6) is -0.941. The molecular formula is C22H22O7. The number of rotatable bonds is 8. The van der Waals surface area contributed by atoms with Gasteiger partial charge in [-0.25, -0.2) is 9.59 Å². The Labute approximate surface area is 168 Å². The Balaban J connectivity index is 2.68. The monoisotopic (exact) mass is 398 g/mol. The van der Waals surface area contributed by atoms with Gasteiger partial charge in [-0.2, -0.15) is 0 Å². The zero-order valence-corrected chi connectivity index (χ0v) is 16.6. The molecule has 0 radical (unpaired) electrons. The van der Waals surface area contributed by atoms with E-state index in [0.29, 0.717) is 28.4 Å². The molecule has 0 aliphatic carbocycles. The van der Waals surface area contributed by atoms with Crippen LogP contribution in [-0.4, -0.2) is 45.5 Å². The highest BCUT2D eigenvalue weighted by Gasteiger charge is 2.22. The number of hydrogen-bond donors (Lipinski definition) is 1. The number of hydrogen-bond acceptors (Lipinski definition) is 6. The molecule has 152 valence electrons. The largest absolute Gasteiger partial charge is 0.493 e. The number of esters is 1. The quantitative estimate of drug-likeness (QED) is 0.414. The lowest BCUT2D eigenvalue weighted by Crippen LogP contribution is -2.13. The van der Waals surface area contributed by atoms with E-state index in [4.69, 9.17) is 18.9 Å². The van der Waals surface area contributed by atoms with Crippen LogP contribution in [0.1, 0.15) is 11.1 Å². The second kappa shape index (κ2) is 9.98. The minimum atomic E-state index is -1.27. The first-order valence-electron chi connectivity index (χ1n) is 8.55. The van der Waals surface area contributed by atoms with Crippen molar-refractivity contribution in [2.75, 3.05) is 28.4 Å². The topological polar surface area (TPSA) is 91.3 Å². The Kier molecular flexibility index (Phi) is 7.42. The summed E-state index contributed by atoms with van der Waals surface area (Å²) in [5, 5.41) is 9.72. The second-order valence-electron chi connectivity index (χ2n) is 5.78. The Morgan fingerprint density at radius 1 is 0.793 bits per heavy atom. The normalized spacial score (nSPS) is 11.6. The molecule has 0 atom stereocenters. The lowest BCUT2D eigenvalue weighted by Gasteiger charge is -2.14. The maximum atomic E-state index is 12.4. The molecule has 0 aliphatic rings. The average Bonchev–Trinajstić information content (AvgIpc) is 2.75. The van der Waals surface area contributed by atoms with Gasteiger partial charge in [-0.05, 0) is 35.4 Å². The molecule has 0 unspecified atom stereocenters. The lowest BCUT2D eigenvalue weighted by molar-refractivity contribution is -0.138. The third-order valence-electron chi connectivity index (χ3n) is 4.03. The van der Waals surface area contributed by atoms with Crippen LogP contribution in [0, 0.1) is 0 Å². The summed E-state index contributed by atoms with van der Waals surface area (Å²) in [6.07, 6.45) is 2.81. The third-order valence-corrected chi connectivity index (χ3v) is 4.03. The number of benzene rings is 2. The predicted octanol–water partition coefficient (Wildman–Crippen LogP) is 3.44. The van der Waals surface area contributed by atoms with Crippen LogP contribution >= 0.6 is 0 Å². The molecule has 0 aliphatic heterocycles. The summed E-state index contributed by atoms with van der Waals surface area (Å²) in [6.45, 7) is 0. The zero-order chi connectivity index (χ0) is 21.4. The van der Waals surface area contributed by atoms with Gasteiger partial charge in [0.15, 0.2) is 11.5 Å². The Morgan fingerprint density at radius 3 is 1.79 bits per heavy atom. The van der Waals surface area contributed by atoms with Gasteiger partial charge in [0, 0.05) is 0 Å². The van der Waals surface area contributed by atoms with E-state index in [1.807, 2.05) is 6.07 Å². The maximum absolute atomic E-state index is 12.4. The van der Waals surface area contributed by atoms with E-state index in [-0.39, 0.29) is 11.1 Å². The SMILES string of the molecule is COC(=O)C(=Cc1cc(OC)c(OC)c(OC)c1)C(=Cc1ccccc1)C(=O)O. The fourth-order valence-corrected chi connectivity index (χ4v) is 2.68. The second-order valence-corrected chi connectivity index (χ2v) is 5.78. The number of ether oxygens (including phenoxy) is 4. The highest BCUT2D eigenvalue weighted by molar-refractivity contribution is 6.12. The number of carboxylic acid groups (broad SMARTS) is 1. The van der Waals surface area contributed by atoms with Gasteiger partial charge < -0.3 is 24.1 Å². The van der Waals surface area contributed by atoms with Gasteiger partial charge in [0.05, 0.1) is 39.6 Å². The Hall–Kier alpha value is -3.74. The van der Waals surface area contributed by atoms with Gasteiger partial charge in [0.2, 0.25) is 5.75 Å². The first-order chi connectivity index (χ1) is 13.9. The van der Waals surface area contributed by atoms with Gasteiger partial charge in [0.25, 0.3) is 0 Å². The first-order valence-corrected chi connectivity index (χ1v) is 8.55. The van der Waals surface area contributed by atoms with E-state index in [9.17, 15) is 14.7 Å². The van der Waals surface area contributed by atoms with Crippen molar-refractivity contribution >= 4 is 24.1 Å². The van der Waals surface area contributed by atoms with Gasteiger partial charge >= 0.3 is 11.9 Å². The smallest absolute Gasteiger partial charge is 0.338 e. The van der Waals surface area contributed by atoms with Crippen molar-refractivity contribution in [2.24, 2.45) is 0 Å². The predicted molar refractivity (Wildman–Crippen MR) is 108 cm³/mol. The number of aliphatic carboxylic acids is 1. The highest BCUT2D eigenvalue weighted by Crippen LogP contribution is 2.39. The molecule has 7 heteroatoms. The van der Waals surface area contributed by atoms with Crippen molar-refractivity contribution in [2.45, 2.75) is 0 Å². The minimum absolute atomic E-state index is 0.127. The van der Waals surface area contributed by atoms with Crippen molar-refractivity contribution in [3.8, 4) is 17.2 Å². The molecule has 0 saturated heterocycles. The minimum Gasteiger partial charge on any atom is -0.493 e. The van der Waals surface area contributed by atoms with Crippen molar-refractivity contribution < 1.29 is 33.6 Å². The fraction of sp³-hybridized carbons (Fsp3) is 0.182. The van der Waals surface area contributed by atoms with Gasteiger partial charge in [0.1, 0.15) is 0 Å². The molecular weight excluding hydrogens is 376 g/mol. The van der Waals surface area contributed by atoms with Crippen molar-refractivity contribution in [3.05, 3.63) is 64.7 Å². The van der Waals surface area contributed by atoms with Crippen LogP contribution in [0.3, 0.4) is 0 Å². The molecule has 2 rings (SSSR count). The molecule has 0 aromatic heterocycles. The van der Waals surface area contributed by atoms with E-state index in [2.05, 4.69) is 0 Å².